The van der Waals surface area contributed by atoms with E-state index in [1.165, 1.54) is 12.1 Å². The number of para-hydroxylation sites is 1. The Labute approximate surface area is 145 Å². The highest BCUT2D eigenvalue weighted by Gasteiger charge is 2.16. The molecule has 0 bridgehead atoms. The minimum atomic E-state index is -0.352. The first-order valence-corrected chi connectivity index (χ1v) is 7.83. The molecule has 132 valence electrons. The van der Waals surface area contributed by atoms with E-state index in [-0.39, 0.29) is 25.1 Å². The maximum Gasteiger partial charge on any atom is 0.193 e. The molecule has 1 aliphatic rings. The molecule has 2 aromatic carbocycles. The number of hydrogen-bond donors (Lipinski definition) is 2. The summed E-state index contributed by atoms with van der Waals surface area (Å²) in [6.45, 7) is 1.13. The van der Waals surface area contributed by atoms with Crippen LogP contribution in [0.5, 0.6) is 5.75 Å². The van der Waals surface area contributed by atoms with Crippen LogP contribution in [0.15, 0.2) is 41.4 Å². The third-order valence-corrected chi connectivity index (χ3v) is 3.75. The van der Waals surface area contributed by atoms with Crippen molar-refractivity contribution in [1.29, 1.82) is 0 Å². The number of hydrogen-bond acceptors (Lipinski definition) is 4. The number of methoxy groups -OCH3 is 1. The van der Waals surface area contributed by atoms with Gasteiger partial charge in [-0.3, -0.25) is 0 Å². The third kappa shape index (κ3) is 4.26. The zero-order valence-electron chi connectivity index (χ0n) is 13.9. The van der Waals surface area contributed by atoms with Crippen molar-refractivity contribution >= 4 is 11.6 Å². The van der Waals surface area contributed by atoms with Crippen LogP contribution in [0, 0.1) is 5.82 Å². The summed E-state index contributed by atoms with van der Waals surface area (Å²) in [5, 5.41) is 3.05. The number of aliphatic imine (C=N–C) groups is 1. The Bertz CT molecular complexity index is 780. The van der Waals surface area contributed by atoms with Crippen LogP contribution in [0.4, 0.5) is 10.1 Å². The van der Waals surface area contributed by atoms with Gasteiger partial charge < -0.3 is 25.3 Å². The van der Waals surface area contributed by atoms with Crippen molar-refractivity contribution in [2.75, 3.05) is 19.2 Å². The van der Waals surface area contributed by atoms with Gasteiger partial charge in [0.25, 0.3) is 0 Å². The van der Waals surface area contributed by atoms with Crippen LogP contribution in [-0.2, 0) is 29.2 Å². The summed E-state index contributed by atoms with van der Waals surface area (Å²) >= 11 is 0. The van der Waals surface area contributed by atoms with Crippen LogP contribution in [0.1, 0.15) is 16.7 Å². The van der Waals surface area contributed by atoms with Gasteiger partial charge in [0.1, 0.15) is 11.6 Å². The second-order valence-corrected chi connectivity index (χ2v) is 5.58. The molecule has 0 aromatic heterocycles. The summed E-state index contributed by atoms with van der Waals surface area (Å²) in [7, 11) is 1.63. The molecular formula is C18H20FN3O3. The quantitative estimate of drug-likeness (QED) is 0.644. The lowest BCUT2D eigenvalue weighted by Gasteiger charge is -2.20. The third-order valence-electron chi connectivity index (χ3n) is 3.75. The number of nitrogens with two attached hydrogens (primary N) is 1. The fourth-order valence-corrected chi connectivity index (χ4v) is 2.65. The van der Waals surface area contributed by atoms with Gasteiger partial charge in [0.2, 0.25) is 0 Å². The van der Waals surface area contributed by atoms with Gasteiger partial charge in [-0.05, 0) is 18.2 Å². The maximum atomic E-state index is 13.7. The summed E-state index contributed by atoms with van der Waals surface area (Å²) < 4.78 is 29.6. The van der Waals surface area contributed by atoms with Gasteiger partial charge in [-0.1, -0.05) is 18.2 Å². The monoisotopic (exact) mass is 345 g/mol. The van der Waals surface area contributed by atoms with E-state index in [2.05, 4.69) is 10.3 Å². The molecule has 7 heteroatoms. The van der Waals surface area contributed by atoms with Gasteiger partial charge in [0, 0.05) is 29.5 Å². The molecule has 0 amide bonds. The molecule has 0 saturated heterocycles. The van der Waals surface area contributed by atoms with E-state index in [0.29, 0.717) is 30.1 Å². The molecule has 2 aromatic rings. The van der Waals surface area contributed by atoms with E-state index in [4.69, 9.17) is 19.9 Å². The zero-order chi connectivity index (χ0) is 17.6. The second kappa shape index (κ2) is 7.96. The Hall–Kier alpha value is -2.64. The minimum Gasteiger partial charge on any atom is -0.467 e. The number of anilines is 1. The molecule has 0 spiro atoms. The van der Waals surface area contributed by atoms with Crippen molar-refractivity contribution in [1.82, 2.24) is 0 Å². The molecule has 0 radical (unpaired) electrons. The lowest BCUT2D eigenvalue weighted by molar-refractivity contribution is -0.0172. The molecule has 0 aliphatic carbocycles. The van der Waals surface area contributed by atoms with Crippen molar-refractivity contribution < 1.29 is 18.6 Å². The standard InChI is InChI=1S/C18H20FN3O3/c1-23-9-12-4-2-3-5-16(12)22-18(20)21-8-13-6-15(19)7-14-10-24-11-25-17(13)14/h2-7H,8-11H2,1H3,(H3,20,21,22). The van der Waals surface area contributed by atoms with Gasteiger partial charge in [0.15, 0.2) is 12.8 Å². The number of rotatable bonds is 5. The Morgan fingerprint density at radius 2 is 2.16 bits per heavy atom. The van der Waals surface area contributed by atoms with Gasteiger partial charge >= 0.3 is 0 Å². The predicted molar refractivity (Wildman–Crippen MR) is 92.8 cm³/mol. The lowest BCUT2D eigenvalue weighted by Crippen LogP contribution is -2.23. The van der Waals surface area contributed by atoms with E-state index in [9.17, 15) is 4.39 Å². The van der Waals surface area contributed by atoms with E-state index in [1.807, 2.05) is 24.3 Å². The van der Waals surface area contributed by atoms with Crippen LogP contribution in [0.25, 0.3) is 0 Å². The van der Waals surface area contributed by atoms with Gasteiger partial charge in [-0.25, -0.2) is 9.38 Å². The van der Waals surface area contributed by atoms with Gasteiger partial charge in [-0.2, -0.15) is 0 Å². The van der Waals surface area contributed by atoms with Crippen molar-refractivity contribution in [3.63, 3.8) is 0 Å². The summed E-state index contributed by atoms with van der Waals surface area (Å²) in [4.78, 5) is 4.30. The van der Waals surface area contributed by atoms with Crippen LogP contribution in [0.2, 0.25) is 0 Å². The summed E-state index contributed by atoms with van der Waals surface area (Å²) in [6.07, 6.45) is 0. The summed E-state index contributed by atoms with van der Waals surface area (Å²) in [5.41, 5.74) is 9.06. The predicted octanol–water partition coefficient (Wildman–Crippen LogP) is 2.77. The van der Waals surface area contributed by atoms with E-state index < -0.39 is 0 Å². The first kappa shape index (κ1) is 17.2. The fraction of sp³-hybridized carbons (Fsp3) is 0.278. The number of guanidine groups is 1. The van der Waals surface area contributed by atoms with Crippen molar-refractivity contribution in [3.8, 4) is 5.75 Å². The highest BCUT2D eigenvalue weighted by molar-refractivity contribution is 5.93. The Balaban J connectivity index is 1.75. The van der Waals surface area contributed by atoms with E-state index >= 15 is 0 Å². The number of halogens is 1. The topological polar surface area (TPSA) is 78.1 Å². The van der Waals surface area contributed by atoms with E-state index in [0.717, 1.165) is 11.3 Å². The molecule has 0 unspecified atom stereocenters. The number of ether oxygens (including phenoxy) is 3. The lowest BCUT2D eigenvalue weighted by atomic mass is 10.1. The summed E-state index contributed by atoms with van der Waals surface area (Å²) in [6, 6.07) is 10.5. The van der Waals surface area contributed by atoms with Crippen molar-refractivity contribution in [2.45, 2.75) is 19.8 Å². The molecule has 6 nitrogen and oxygen atoms in total. The molecule has 0 saturated carbocycles. The first-order valence-electron chi connectivity index (χ1n) is 7.83. The largest absolute Gasteiger partial charge is 0.467 e. The van der Waals surface area contributed by atoms with E-state index in [1.54, 1.807) is 7.11 Å². The summed E-state index contributed by atoms with van der Waals surface area (Å²) in [5.74, 6) is 0.493. The maximum absolute atomic E-state index is 13.7. The molecule has 3 rings (SSSR count). The van der Waals surface area contributed by atoms with Gasteiger partial charge in [-0.15, -0.1) is 0 Å². The SMILES string of the molecule is COCc1ccccc1NC(N)=NCc1cc(F)cc2c1OCOC2. The van der Waals surface area contributed by atoms with Crippen LogP contribution in [0.3, 0.4) is 0 Å². The molecule has 1 aliphatic heterocycles. The molecule has 0 atom stereocenters. The number of fused-ring (bicyclic) bond motifs is 1. The average molecular weight is 345 g/mol. The Kier molecular flexibility index (Phi) is 5.47. The molecule has 1 heterocycles. The smallest absolute Gasteiger partial charge is 0.193 e. The fourth-order valence-electron chi connectivity index (χ4n) is 2.65. The van der Waals surface area contributed by atoms with Crippen LogP contribution in [-0.4, -0.2) is 19.9 Å². The van der Waals surface area contributed by atoms with Crippen LogP contribution < -0.4 is 15.8 Å². The minimum absolute atomic E-state index is 0.146. The van der Waals surface area contributed by atoms with Crippen molar-refractivity contribution in [3.05, 3.63) is 58.9 Å². The Morgan fingerprint density at radius 1 is 1.32 bits per heavy atom. The average Bonchev–Trinajstić information content (AvgIpc) is 2.61. The normalized spacial score (nSPS) is 13.9. The number of nitrogens with one attached hydrogen (secondary N) is 1. The molecular weight excluding hydrogens is 325 g/mol. The second-order valence-electron chi connectivity index (χ2n) is 5.58. The molecule has 25 heavy (non-hydrogen) atoms. The number of nitrogens with zero attached hydrogens (tertiary/aromatic N) is 1. The van der Waals surface area contributed by atoms with Crippen LogP contribution >= 0.6 is 0 Å². The van der Waals surface area contributed by atoms with Gasteiger partial charge in [0.05, 0.1) is 19.8 Å². The Morgan fingerprint density at radius 3 is 3.00 bits per heavy atom. The highest BCUT2D eigenvalue weighted by Crippen LogP contribution is 2.30. The number of benzene rings is 2. The highest BCUT2D eigenvalue weighted by atomic mass is 19.1. The zero-order valence-corrected chi connectivity index (χ0v) is 13.9. The van der Waals surface area contributed by atoms with Crippen molar-refractivity contribution in [2.24, 2.45) is 10.7 Å². The molecule has 3 N–H and O–H groups in total. The first-order chi connectivity index (χ1) is 12.2. The molecule has 0 fully saturated rings.